The Morgan fingerprint density at radius 1 is 0.947 bits per heavy atom. The van der Waals surface area contributed by atoms with E-state index >= 15 is 0 Å². The van der Waals surface area contributed by atoms with Crippen molar-refractivity contribution in [2.75, 3.05) is 18.5 Å². The minimum Gasteiger partial charge on any atom is -0.385 e. The van der Waals surface area contributed by atoms with Crippen molar-refractivity contribution in [2.24, 2.45) is 0 Å². The highest BCUT2D eigenvalue weighted by Crippen LogP contribution is 2.10. The number of benzene rings is 2. The van der Waals surface area contributed by atoms with E-state index in [1.54, 1.807) is 0 Å². The van der Waals surface area contributed by atoms with Crippen LogP contribution in [0.2, 0.25) is 5.02 Å². The molecule has 0 radical (unpaired) electrons. The number of nitrogens with one attached hydrogen (secondary N) is 1. The molecular formula is C16H18ClNO. The van der Waals surface area contributed by atoms with E-state index in [9.17, 15) is 0 Å². The summed E-state index contributed by atoms with van der Waals surface area (Å²) in [4.78, 5) is 0. The molecule has 0 atom stereocenters. The fraction of sp³-hybridized carbons (Fsp3) is 0.250. The minimum absolute atomic E-state index is 0.641. The van der Waals surface area contributed by atoms with Crippen LogP contribution in [0.5, 0.6) is 0 Å². The standard InChI is InChI=1S/C16H18ClNO/c17-15-9-7-14(8-10-15)13-19-12-4-11-18-16-5-2-1-3-6-16/h1-3,5-10,18H,4,11-13H2. The smallest absolute Gasteiger partial charge is 0.0716 e. The molecule has 2 aromatic rings. The van der Waals surface area contributed by atoms with Gasteiger partial charge in [0, 0.05) is 23.9 Å². The molecule has 0 heterocycles. The summed E-state index contributed by atoms with van der Waals surface area (Å²) in [7, 11) is 0. The highest BCUT2D eigenvalue weighted by atomic mass is 35.5. The number of anilines is 1. The van der Waals surface area contributed by atoms with E-state index in [4.69, 9.17) is 16.3 Å². The van der Waals surface area contributed by atoms with Gasteiger partial charge in [-0.3, -0.25) is 0 Å². The van der Waals surface area contributed by atoms with Gasteiger partial charge in [-0.15, -0.1) is 0 Å². The fourth-order valence-electron chi connectivity index (χ4n) is 1.73. The van der Waals surface area contributed by atoms with Gasteiger partial charge >= 0.3 is 0 Å². The van der Waals surface area contributed by atoms with E-state index in [0.717, 1.165) is 35.8 Å². The number of hydrogen-bond donors (Lipinski definition) is 1. The summed E-state index contributed by atoms with van der Waals surface area (Å²) in [5.74, 6) is 0. The Balaban J connectivity index is 1.56. The third-order valence-electron chi connectivity index (χ3n) is 2.75. The third kappa shape index (κ3) is 5.33. The monoisotopic (exact) mass is 275 g/mol. The van der Waals surface area contributed by atoms with Gasteiger partial charge in [0.2, 0.25) is 0 Å². The number of hydrogen-bond acceptors (Lipinski definition) is 2. The van der Waals surface area contributed by atoms with Crippen LogP contribution in [-0.4, -0.2) is 13.2 Å². The Hall–Kier alpha value is -1.51. The molecule has 3 heteroatoms. The van der Waals surface area contributed by atoms with Crippen molar-refractivity contribution in [1.82, 2.24) is 0 Å². The molecule has 0 unspecified atom stereocenters. The predicted molar refractivity (Wildman–Crippen MR) is 80.7 cm³/mol. The number of halogens is 1. The number of para-hydroxylation sites is 1. The topological polar surface area (TPSA) is 21.3 Å². The van der Waals surface area contributed by atoms with Crippen molar-refractivity contribution in [2.45, 2.75) is 13.0 Å². The van der Waals surface area contributed by atoms with Gasteiger partial charge in [0.1, 0.15) is 0 Å². The molecule has 2 nitrogen and oxygen atoms in total. The van der Waals surface area contributed by atoms with Gasteiger partial charge in [0.15, 0.2) is 0 Å². The summed E-state index contributed by atoms with van der Waals surface area (Å²) in [5, 5.41) is 4.11. The van der Waals surface area contributed by atoms with Crippen LogP contribution < -0.4 is 5.32 Å². The highest BCUT2D eigenvalue weighted by molar-refractivity contribution is 6.30. The summed E-state index contributed by atoms with van der Waals surface area (Å²) in [5.41, 5.74) is 2.31. The minimum atomic E-state index is 0.641. The van der Waals surface area contributed by atoms with Crippen molar-refractivity contribution in [3.05, 3.63) is 65.2 Å². The molecule has 0 spiro atoms. The first-order valence-electron chi connectivity index (χ1n) is 6.46. The highest BCUT2D eigenvalue weighted by Gasteiger charge is 1.94. The van der Waals surface area contributed by atoms with Crippen LogP contribution in [0, 0.1) is 0 Å². The molecule has 100 valence electrons. The zero-order chi connectivity index (χ0) is 13.3. The molecule has 2 aromatic carbocycles. The van der Waals surface area contributed by atoms with Crippen molar-refractivity contribution >= 4 is 17.3 Å². The van der Waals surface area contributed by atoms with Crippen molar-refractivity contribution in [1.29, 1.82) is 0 Å². The fourth-order valence-corrected chi connectivity index (χ4v) is 1.86. The van der Waals surface area contributed by atoms with Crippen molar-refractivity contribution in [3.63, 3.8) is 0 Å². The Morgan fingerprint density at radius 3 is 2.42 bits per heavy atom. The summed E-state index contributed by atoms with van der Waals surface area (Å²) < 4.78 is 5.61. The first-order chi connectivity index (χ1) is 9.34. The molecule has 0 bridgehead atoms. The van der Waals surface area contributed by atoms with Crippen LogP contribution in [0.15, 0.2) is 54.6 Å². The molecule has 0 fully saturated rings. The zero-order valence-electron chi connectivity index (χ0n) is 10.8. The summed E-state index contributed by atoms with van der Waals surface area (Å²) in [6.45, 7) is 2.32. The largest absolute Gasteiger partial charge is 0.385 e. The Bertz CT molecular complexity index is 470. The van der Waals surface area contributed by atoms with E-state index in [2.05, 4.69) is 17.4 Å². The zero-order valence-corrected chi connectivity index (χ0v) is 11.6. The van der Waals surface area contributed by atoms with Crippen molar-refractivity contribution in [3.8, 4) is 0 Å². The maximum Gasteiger partial charge on any atom is 0.0716 e. The Morgan fingerprint density at radius 2 is 1.68 bits per heavy atom. The van der Waals surface area contributed by atoms with Crippen LogP contribution in [0.25, 0.3) is 0 Å². The first-order valence-corrected chi connectivity index (χ1v) is 6.83. The molecule has 19 heavy (non-hydrogen) atoms. The third-order valence-corrected chi connectivity index (χ3v) is 3.00. The number of ether oxygens (including phenoxy) is 1. The SMILES string of the molecule is Clc1ccc(COCCCNc2ccccc2)cc1. The van der Waals surface area contributed by atoms with Crippen LogP contribution in [-0.2, 0) is 11.3 Å². The quantitative estimate of drug-likeness (QED) is 0.758. The number of rotatable bonds is 7. The van der Waals surface area contributed by atoms with E-state index < -0.39 is 0 Å². The van der Waals surface area contributed by atoms with E-state index in [1.807, 2.05) is 42.5 Å². The first kappa shape index (κ1) is 13.9. The van der Waals surface area contributed by atoms with E-state index in [0.29, 0.717) is 6.61 Å². The summed E-state index contributed by atoms with van der Waals surface area (Å²) in [6.07, 6.45) is 0.989. The molecule has 0 amide bonds. The van der Waals surface area contributed by atoms with Gasteiger partial charge in [-0.25, -0.2) is 0 Å². The molecule has 0 saturated carbocycles. The lowest BCUT2D eigenvalue weighted by atomic mass is 10.2. The molecule has 0 aliphatic carbocycles. The molecular weight excluding hydrogens is 258 g/mol. The second kappa shape index (κ2) is 7.82. The second-order valence-corrected chi connectivity index (χ2v) is 4.76. The maximum absolute atomic E-state index is 5.82. The lowest BCUT2D eigenvalue weighted by Crippen LogP contribution is -2.05. The normalized spacial score (nSPS) is 10.4. The van der Waals surface area contributed by atoms with Crippen LogP contribution >= 0.6 is 11.6 Å². The van der Waals surface area contributed by atoms with Gasteiger partial charge in [0.25, 0.3) is 0 Å². The predicted octanol–water partition coefficient (Wildman–Crippen LogP) is 4.36. The molecule has 0 aliphatic heterocycles. The Labute approximate surface area is 119 Å². The second-order valence-electron chi connectivity index (χ2n) is 4.33. The van der Waals surface area contributed by atoms with E-state index in [-0.39, 0.29) is 0 Å². The maximum atomic E-state index is 5.82. The van der Waals surface area contributed by atoms with Gasteiger partial charge in [0.05, 0.1) is 6.61 Å². The van der Waals surface area contributed by atoms with Crippen LogP contribution in [0.1, 0.15) is 12.0 Å². The Kier molecular flexibility index (Phi) is 5.73. The summed E-state index contributed by atoms with van der Waals surface area (Å²) >= 11 is 5.82. The average Bonchev–Trinajstić information content (AvgIpc) is 2.46. The average molecular weight is 276 g/mol. The van der Waals surface area contributed by atoms with Gasteiger partial charge in [-0.1, -0.05) is 41.9 Å². The molecule has 0 saturated heterocycles. The van der Waals surface area contributed by atoms with Gasteiger partial charge in [-0.05, 0) is 36.2 Å². The van der Waals surface area contributed by atoms with Crippen LogP contribution in [0.3, 0.4) is 0 Å². The molecule has 0 aromatic heterocycles. The van der Waals surface area contributed by atoms with E-state index in [1.165, 1.54) is 0 Å². The molecule has 0 aliphatic rings. The lowest BCUT2D eigenvalue weighted by Gasteiger charge is -2.07. The molecule has 1 N–H and O–H groups in total. The van der Waals surface area contributed by atoms with Gasteiger partial charge < -0.3 is 10.1 Å². The van der Waals surface area contributed by atoms with Crippen LogP contribution in [0.4, 0.5) is 5.69 Å². The van der Waals surface area contributed by atoms with Crippen molar-refractivity contribution < 1.29 is 4.74 Å². The lowest BCUT2D eigenvalue weighted by molar-refractivity contribution is 0.120. The van der Waals surface area contributed by atoms with Gasteiger partial charge in [-0.2, -0.15) is 0 Å². The summed E-state index contributed by atoms with van der Waals surface area (Å²) in [6, 6.07) is 18.0. The molecule has 2 rings (SSSR count).